The lowest BCUT2D eigenvalue weighted by Gasteiger charge is -2.26. The van der Waals surface area contributed by atoms with Crippen LogP contribution in [-0.2, 0) is 19.1 Å². The standard InChI is InChI=1S/C42H26F12O6/c43-39(44,45)35(57)31-21-11-1-5-15-25(21)33(26-16-6-2-12-22(26)31)37(41(49,50)51)59-29(55)19-9-10-20-30(56)60-38(42(52,53)54)34-27-17-7-3-13-23(27)32(36(58)40(46,47)48)24-14-4-8-18-28(24)34/h1-20,35-38,57-58H/b19-9+,20-10+/t35-,36-,37-,38-/m1/s1. The van der Waals surface area contributed by atoms with Gasteiger partial charge in [0, 0.05) is 34.4 Å². The molecule has 0 amide bonds. The van der Waals surface area contributed by atoms with Crippen molar-refractivity contribution in [1.82, 2.24) is 0 Å². The number of allylic oxidation sites excluding steroid dienone is 2. The van der Waals surface area contributed by atoms with Crippen molar-refractivity contribution in [3.63, 3.8) is 0 Å². The van der Waals surface area contributed by atoms with Gasteiger partial charge in [0.1, 0.15) is 0 Å². The zero-order valence-electron chi connectivity index (χ0n) is 29.9. The second-order valence-corrected chi connectivity index (χ2v) is 13.2. The molecule has 0 aliphatic rings. The highest BCUT2D eigenvalue weighted by Crippen LogP contribution is 2.49. The van der Waals surface area contributed by atoms with Gasteiger partial charge in [-0.25, -0.2) is 9.59 Å². The average molecular weight is 855 g/mol. The molecule has 0 radical (unpaired) electrons. The first kappa shape index (κ1) is 43.4. The molecule has 0 fully saturated rings. The quantitative estimate of drug-likeness (QED) is 0.0495. The topological polar surface area (TPSA) is 93.1 Å². The molecule has 6 rings (SSSR count). The lowest BCUT2D eigenvalue weighted by molar-refractivity contribution is -0.220. The van der Waals surface area contributed by atoms with Crippen LogP contribution in [0.15, 0.2) is 121 Å². The number of aliphatic hydroxyl groups excluding tert-OH is 2. The van der Waals surface area contributed by atoms with Crippen LogP contribution in [0.4, 0.5) is 52.7 Å². The van der Waals surface area contributed by atoms with E-state index in [1.165, 1.54) is 48.5 Å². The van der Waals surface area contributed by atoms with Gasteiger partial charge in [0.05, 0.1) is 0 Å². The van der Waals surface area contributed by atoms with E-state index in [4.69, 9.17) is 9.47 Å². The average Bonchev–Trinajstić information content (AvgIpc) is 3.17. The molecule has 18 heteroatoms. The highest BCUT2D eigenvalue weighted by Gasteiger charge is 2.49. The lowest BCUT2D eigenvalue weighted by Crippen LogP contribution is -2.27. The Bertz CT molecular complexity index is 2360. The number of alkyl halides is 12. The van der Waals surface area contributed by atoms with Gasteiger partial charge in [-0.1, -0.05) is 109 Å². The van der Waals surface area contributed by atoms with Gasteiger partial charge in [0.25, 0.3) is 0 Å². The number of fused-ring (bicyclic) bond motifs is 4. The van der Waals surface area contributed by atoms with Crippen LogP contribution in [0.25, 0.3) is 43.1 Å². The van der Waals surface area contributed by atoms with Crippen LogP contribution < -0.4 is 0 Å². The zero-order valence-corrected chi connectivity index (χ0v) is 29.9. The van der Waals surface area contributed by atoms with Gasteiger partial charge in [0.2, 0.25) is 12.2 Å². The minimum Gasteiger partial charge on any atom is -0.445 e. The Morgan fingerprint density at radius 1 is 0.400 bits per heavy atom. The molecule has 0 aliphatic carbocycles. The Morgan fingerprint density at radius 3 is 0.817 bits per heavy atom. The van der Waals surface area contributed by atoms with Crippen molar-refractivity contribution in [2.75, 3.05) is 0 Å². The third kappa shape index (κ3) is 8.60. The van der Waals surface area contributed by atoms with Gasteiger partial charge >= 0.3 is 36.6 Å². The summed E-state index contributed by atoms with van der Waals surface area (Å²) >= 11 is 0. The van der Waals surface area contributed by atoms with E-state index < -0.39 is 126 Å². The molecule has 0 aliphatic heterocycles. The molecule has 60 heavy (non-hydrogen) atoms. The van der Waals surface area contributed by atoms with Crippen LogP contribution in [0, 0.1) is 0 Å². The molecule has 0 heterocycles. The number of carbonyl (C=O) groups is 2. The molecule has 4 atom stereocenters. The summed E-state index contributed by atoms with van der Waals surface area (Å²) in [5, 5.41) is 17.0. The van der Waals surface area contributed by atoms with Crippen LogP contribution in [0.2, 0.25) is 0 Å². The molecule has 0 unspecified atom stereocenters. The molecule has 6 aromatic rings. The van der Waals surface area contributed by atoms with Crippen LogP contribution in [0.1, 0.15) is 46.7 Å². The number of benzene rings is 6. The Hall–Kier alpha value is -6.14. The number of hydrogen-bond donors (Lipinski definition) is 2. The van der Waals surface area contributed by atoms with Crippen molar-refractivity contribution in [3.8, 4) is 0 Å². The van der Waals surface area contributed by atoms with Crippen molar-refractivity contribution >= 4 is 55.0 Å². The maximum absolute atomic E-state index is 14.7. The van der Waals surface area contributed by atoms with Gasteiger partial charge in [-0.05, 0) is 43.1 Å². The largest absolute Gasteiger partial charge is 0.445 e. The summed E-state index contributed by atoms with van der Waals surface area (Å²) in [6.45, 7) is 0. The van der Waals surface area contributed by atoms with E-state index in [9.17, 15) is 72.5 Å². The summed E-state index contributed by atoms with van der Waals surface area (Å²) < 4.78 is 180. The molecule has 0 aromatic heterocycles. The van der Waals surface area contributed by atoms with Gasteiger partial charge in [0.15, 0.2) is 12.2 Å². The van der Waals surface area contributed by atoms with Crippen LogP contribution >= 0.6 is 0 Å². The number of carbonyl (C=O) groups excluding carboxylic acids is 2. The Labute approximate surface area is 329 Å². The second kappa shape index (κ2) is 16.1. The number of ether oxygens (including phenoxy) is 2. The number of aliphatic hydroxyl groups is 2. The van der Waals surface area contributed by atoms with Gasteiger partial charge in [-0.2, -0.15) is 52.7 Å². The maximum atomic E-state index is 14.7. The molecule has 0 saturated carbocycles. The maximum Gasteiger partial charge on any atom is 0.429 e. The lowest BCUT2D eigenvalue weighted by atomic mass is 9.87. The van der Waals surface area contributed by atoms with E-state index in [-0.39, 0.29) is 0 Å². The van der Waals surface area contributed by atoms with E-state index in [0.717, 1.165) is 48.5 Å². The van der Waals surface area contributed by atoms with E-state index in [1.807, 2.05) is 0 Å². The van der Waals surface area contributed by atoms with E-state index in [0.29, 0.717) is 24.3 Å². The minimum atomic E-state index is -5.39. The van der Waals surface area contributed by atoms with Crippen LogP contribution in [-0.4, -0.2) is 46.9 Å². The zero-order chi connectivity index (χ0) is 43.9. The minimum absolute atomic E-state index is 0.363. The molecule has 0 spiro atoms. The number of esters is 2. The molecule has 2 N–H and O–H groups in total. The summed E-state index contributed by atoms with van der Waals surface area (Å²) in [5.74, 6) is -3.43. The van der Waals surface area contributed by atoms with Gasteiger partial charge < -0.3 is 19.7 Å². The highest BCUT2D eigenvalue weighted by molar-refractivity contribution is 6.08. The monoisotopic (exact) mass is 854 g/mol. The first-order chi connectivity index (χ1) is 28.0. The smallest absolute Gasteiger partial charge is 0.429 e. The van der Waals surface area contributed by atoms with Gasteiger partial charge in [-0.15, -0.1) is 0 Å². The third-order valence-electron chi connectivity index (χ3n) is 9.36. The summed E-state index contributed by atoms with van der Waals surface area (Å²) in [7, 11) is 0. The summed E-state index contributed by atoms with van der Waals surface area (Å²) in [4.78, 5) is 25.6. The summed E-state index contributed by atoms with van der Waals surface area (Å²) in [5.41, 5.74) is -3.03. The Kier molecular flexibility index (Phi) is 11.7. The fourth-order valence-electron chi connectivity index (χ4n) is 7.03. The molecule has 6 nitrogen and oxygen atoms in total. The summed E-state index contributed by atoms with van der Waals surface area (Å²) in [6.07, 6.45) is -31.7. The van der Waals surface area contributed by atoms with E-state index in [2.05, 4.69) is 0 Å². The predicted octanol–water partition coefficient (Wildman–Crippen LogP) is 11.6. The van der Waals surface area contributed by atoms with Crippen molar-refractivity contribution in [1.29, 1.82) is 0 Å². The van der Waals surface area contributed by atoms with Crippen molar-refractivity contribution in [3.05, 3.63) is 144 Å². The first-order valence-corrected chi connectivity index (χ1v) is 17.3. The highest BCUT2D eigenvalue weighted by atomic mass is 19.4. The van der Waals surface area contributed by atoms with Crippen molar-refractivity contribution < 1.29 is 82.0 Å². The number of halogens is 12. The second-order valence-electron chi connectivity index (χ2n) is 13.2. The SMILES string of the molecule is O=C(/C=C/C=C/C(=O)O[C@H](c1c2ccccc2c([C@@H](O)C(F)(F)F)c2ccccc12)C(F)(F)F)O[C@H](c1c2ccccc2c([C@@H](O)C(F)(F)F)c2ccccc12)C(F)(F)F. The predicted molar refractivity (Wildman–Crippen MR) is 193 cm³/mol. The molecule has 0 bridgehead atoms. The van der Waals surface area contributed by atoms with Crippen LogP contribution in [0.3, 0.4) is 0 Å². The molecular formula is C42H26F12O6. The van der Waals surface area contributed by atoms with E-state index >= 15 is 0 Å². The van der Waals surface area contributed by atoms with Crippen molar-refractivity contribution in [2.24, 2.45) is 0 Å². The Morgan fingerprint density at radius 2 is 0.617 bits per heavy atom. The van der Waals surface area contributed by atoms with Crippen LogP contribution in [0.5, 0.6) is 0 Å². The third-order valence-corrected chi connectivity index (χ3v) is 9.36. The molecule has 6 aromatic carbocycles. The van der Waals surface area contributed by atoms with Crippen molar-refractivity contribution in [2.45, 2.75) is 49.1 Å². The summed E-state index contributed by atoms with van der Waals surface area (Å²) in [6, 6.07) is 18.1. The molecular weight excluding hydrogens is 828 g/mol. The number of hydrogen-bond acceptors (Lipinski definition) is 6. The Balaban J connectivity index is 1.31. The normalized spacial score (nSPS) is 15.2. The molecule has 0 saturated heterocycles. The molecule has 314 valence electrons. The number of rotatable bonds is 9. The fourth-order valence-corrected chi connectivity index (χ4v) is 7.03. The fraction of sp³-hybridized carbons (Fsp3) is 0.190. The first-order valence-electron chi connectivity index (χ1n) is 17.3. The van der Waals surface area contributed by atoms with E-state index in [1.54, 1.807) is 0 Å². The van der Waals surface area contributed by atoms with Gasteiger partial charge in [-0.3, -0.25) is 0 Å².